The molecular weight excluding hydrogens is 426 g/mol. The second-order valence-corrected chi connectivity index (χ2v) is 9.27. The second kappa shape index (κ2) is 9.76. The van der Waals surface area contributed by atoms with Crippen molar-refractivity contribution >= 4 is 28.9 Å². The molecule has 1 N–H and O–H groups in total. The van der Waals surface area contributed by atoms with Gasteiger partial charge in [0, 0.05) is 74.6 Å². The summed E-state index contributed by atoms with van der Waals surface area (Å²) in [5.74, 6) is 0.356. The minimum atomic E-state index is 0.0157. The Bertz CT molecular complexity index is 1100. The SMILES string of the molecule is CCC1C(C)[C@@H](Nc2ccc(C#N)cc2)c2cc(N3CCN(C(C)=O)CC3)ccc2N1C(C)=O. The van der Waals surface area contributed by atoms with E-state index in [9.17, 15) is 9.59 Å². The fourth-order valence-electron chi connectivity index (χ4n) is 5.39. The molecule has 1 saturated heterocycles. The summed E-state index contributed by atoms with van der Waals surface area (Å²) >= 11 is 0. The molecule has 0 radical (unpaired) electrons. The van der Waals surface area contributed by atoms with Crippen molar-refractivity contribution in [3.05, 3.63) is 53.6 Å². The molecular formula is C27H33N5O2. The van der Waals surface area contributed by atoms with Gasteiger partial charge in [-0.1, -0.05) is 13.8 Å². The number of nitrogens with one attached hydrogen (secondary N) is 1. The summed E-state index contributed by atoms with van der Waals surface area (Å²) < 4.78 is 0. The van der Waals surface area contributed by atoms with Crippen LogP contribution in [0.5, 0.6) is 0 Å². The number of hydrogen-bond acceptors (Lipinski definition) is 5. The van der Waals surface area contributed by atoms with Crippen LogP contribution in [0.1, 0.15) is 51.3 Å². The standard InChI is InChI=1S/C27H33N5O2/c1-5-25-18(2)27(29-22-8-6-21(17-28)7-9-22)24-16-23(10-11-26(24)32(25)20(4)34)31-14-12-30(13-15-31)19(3)33/h6-11,16,18,25,27,29H,5,12-15H2,1-4H3/t18?,25?,27-/m1/s1. The van der Waals surface area contributed by atoms with Crippen molar-refractivity contribution in [1.29, 1.82) is 5.26 Å². The summed E-state index contributed by atoms with van der Waals surface area (Å²) in [6.45, 7) is 10.6. The normalized spacial score (nSPS) is 22.1. The highest BCUT2D eigenvalue weighted by atomic mass is 16.2. The Morgan fingerprint density at radius 2 is 1.71 bits per heavy atom. The van der Waals surface area contributed by atoms with E-state index in [-0.39, 0.29) is 29.8 Å². The first-order valence-electron chi connectivity index (χ1n) is 12.0. The van der Waals surface area contributed by atoms with Crippen molar-refractivity contribution in [3.8, 4) is 6.07 Å². The topological polar surface area (TPSA) is 79.7 Å². The van der Waals surface area contributed by atoms with Crippen LogP contribution in [-0.4, -0.2) is 48.9 Å². The molecule has 0 spiro atoms. The average molecular weight is 460 g/mol. The monoisotopic (exact) mass is 459 g/mol. The Morgan fingerprint density at radius 3 is 2.26 bits per heavy atom. The van der Waals surface area contributed by atoms with E-state index < -0.39 is 0 Å². The van der Waals surface area contributed by atoms with Crippen molar-refractivity contribution in [2.75, 3.05) is 41.3 Å². The highest BCUT2D eigenvalue weighted by Gasteiger charge is 2.40. The van der Waals surface area contributed by atoms with Gasteiger partial charge in [-0.2, -0.15) is 5.26 Å². The summed E-state index contributed by atoms with van der Waals surface area (Å²) in [4.78, 5) is 30.6. The number of carbonyl (C=O) groups excluding carboxylic acids is 2. The number of fused-ring (bicyclic) bond motifs is 1. The van der Waals surface area contributed by atoms with Crippen LogP contribution in [0, 0.1) is 17.2 Å². The summed E-state index contributed by atoms with van der Waals surface area (Å²) in [6, 6.07) is 16.2. The van der Waals surface area contributed by atoms with E-state index in [1.165, 1.54) is 0 Å². The number of nitriles is 1. The fraction of sp³-hybridized carbons (Fsp3) is 0.444. The van der Waals surface area contributed by atoms with Crippen LogP contribution in [0.25, 0.3) is 0 Å². The van der Waals surface area contributed by atoms with Crippen LogP contribution >= 0.6 is 0 Å². The van der Waals surface area contributed by atoms with Gasteiger partial charge >= 0.3 is 0 Å². The van der Waals surface area contributed by atoms with Crippen LogP contribution in [0.3, 0.4) is 0 Å². The van der Waals surface area contributed by atoms with E-state index in [0.29, 0.717) is 18.7 Å². The summed E-state index contributed by atoms with van der Waals surface area (Å²) in [7, 11) is 0. The lowest BCUT2D eigenvalue weighted by molar-refractivity contribution is -0.129. The van der Waals surface area contributed by atoms with Gasteiger partial charge in [0.05, 0.1) is 17.7 Å². The van der Waals surface area contributed by atoms with E-state index in [1.807, 2.05) is 34.1 Å². The third-order valence-electron chi connectivity index (χ3n) is 7.25. The van der Waals surface area contributed by atoms with Crippen molar-refractivity contribution in [3.63, 3.8) is 0 Å². The number of hydrogen-bond donors (Lipinski definition) is 1. The first-order valence-corrected chi connectivity index (χ1v) is 12.0. The molecule has 2 aliphatic heterocycles. The minimum Gasteiger partial charge on any atom is -0.378 e. The summed E-state index contributed by atoms with van der Waals surface area (Å²) in [5.41, 5.74) is 4.74. The van der Waals surface area contributed by atoms with Crippen LogP contribution in [-0.2, 0) is 9.59 Å². The van der Waals surface area contributed by atoms with Crippen molar-refractivity contribution in [2.45, 2.75) is 46.2 Å². The van der Waals surface area contributed by atoms with Gasteiger partial charge in [0.1, 0.15) is 0 Å². The molecule has 7 heteroatoms. The van der Waals surface area contributed by atoms with Gasteiger partial charge in [-0.3, -0.25) is 9.59 Å². The summed E-state index contributed by atoms with van der Waals surface area (Å²) in [5, 5.41) is 12.8. The maximum atomic E-state index is 12.7. The molecule has 2 aromatic rings. The number of benzene rings is 2. The Balaban J connectivity index is 1.71. The molecule has 2 aliphatic rings. The Labute approximate surface area is 201 Å². The van der Waals surface area contributed by atoms with Gasteiger partial charge in [0.25, 0.3) is 0 Å². The molecule has 0 bridgehead atoms. The van der Waals surface area contributed by atoms with Crippen molar-refractivity contribution in [2.24, 2.45) is 5.92 Å². The van der Waals surface area contributed by atoms with Crippen molar-refractivity contribution in [1.82, 2.24) is 4.90 Å². The third-order valence-corrected chi connectivity index (χ3v) is 7.25. The number of carbonyl (C=O) groups is 2. The number of piperazine rings is 1. The molecule has 0 aliphatic carbocycles. The Kier molecular flexibility index (Phi) is 6.78. The van der Waals surface area contributed by atoms with E-state index >= 15 is 0 Å². The highest BCUT2D eigenvalue weighted by molar-refractivity contribution is 5.94. The van der Waals surface area contributed by atoms with Crippen LogP contribution in [0.2, 0.25) is 0 Å². The summed E-state index contributed by atoms with van der Waals surface area (Å²) in [6.07, 6.45) is 0.862. The minimum absolute atomic E-state index is 0.0157. The third kappa shape index (κ3) is 4.45. The largest absolute Gasteiger partial charge is 0.378 e. The number of rotatable bonds is 4. The quantitative estimate of drug-likeness (QED) is 0.743. The van der Waals surface area contributed by atoms with E-state index in [4.69, 9.17) is 5.26 Å². The van der Waals surface area contributed by atoms with Crippen LogP contribution < -0.4 is 15.1 Å². The van der Waals surface area contributed by atoms with E-state index in [1.54, 1.807) is 13.8 Å². The molecule has 2 heterocycles. The first-order chi connectivity index (χ1) is 16.3. The van der Waals surface area contributed by atoms with Gasteiger partial charge in [-0.25, -0.2) is 0 Å². The van der Waals surface area contributed by atoms with Gasteiger partial charge in [0.2, 0.25) is 11.8 Å². The smallest absolute Gasteiger partial charge is 0.224 e. The molecule has 34 heavy (non-hydrogen) atoms. The predicted molar refractivity (Wildman–Crippen MR) is 135 cm³/mol. The Morgan fingerprint density at radius 1 is 1.03 bits per heavy atom. The first kappa shape index (κ1) is 23.6. The number of nitrogens with zero attached hydrogens (tertiary/aromatic N) is 4. The number of anilines is 3. The van der Waals surface area contributed by atoms with Gasteiger partial charge in [-0.05, 0) is 48.9 Å². The zero-order valence-electron chi connectivity index (χ0n) is 20.4. The van der Waals surface area contributed by atoms with E-state index in [2.05, 4.69) is 48.3 Å². The van der Waals surface area contributed by atoms with Crippen LogP contribution in [0.15, 0.2) is 42.5 Å². The molecule has 2 amide bonds. The zero-order valence-corrected chi connectivity index (χ0v) is 20.4. The average Bonchev–Trinajstić information content (AvgIpc) is 2.85. The molecule has 7 nitrogen and oxygen atoms in total. The van der Waals surface area contributed by atoms with Gasteiger partial charge in [0.15, 0.2) is 0 Å². The molecule has 1 fully saturated rings. The van der Waals surface area contributed by atoms with Crippen LogP contribution in [0.4, 0.5) is 17.1 Å². The molecule has 4 rings (SSSR count). The lowest BCUT2D eigenvalue weighted by Crippen LogP contribution is -2.50. The highest BCUT2D eigenvalue weighted by Crippen LogP contribution is 2.45. The molecule has 178 valence electrons. The second-order valence-electron chi connectivity index (χ2n) is 9.27. The molecule has 3 atom stereocenters. The number of amides is 2. The molecule has 2 unspecified atom stereocenters. The van der Waals surface area contributed by atoms with Gasteiger partial charge in [-0.15, -0.1) is 0 Å². The molecule has 2 aromatic carbocycles. The Hall–Kier alpha value is -3.53. The maximum Gasteiger partial charge on any atom is 0.224 e. The lowest BCUT2D eigenvalue weighted by atomic mass is 9.80. The maximum absolute atomic E-state index is 12.7. The fourth-order valence-corrected chi connectivity index (χ4v) is 5.39. The molecule has 0 aromatic heterocycles. The predicted octanol–water partition coefficient (Wildman–Crippen LogP) is 4.16. The van der Waals surface area contributed by atoms with Gasteiger partial charge < -0.3 is 20.0 Å². The van der Waals surface area contributed by atoms with E-state index in [0.717, 1.165) is 42.1 Å². The lowest BCUT2D eigenvalue weighted by Gasteiger charge is -2.46. The van der Waals surface area contributed by atoms with Crippen molar-refractivity contribution < 1.29 is 9.59 Å². The molecule has 0 saturated carbocycles. The zero-order chi connectivity index (χ0) is 24.4.